The summed E-state index contributed by atoms with van der Waals surface area (Å²) in [6.07, 6.45) is 0. The van der Waals surface area contributed by atoms with Gasteiger partial charge in [0.1, 0.15) is 5.82 Å². The lowest BCUT2D eigenvalue weighted by Gasteiger charge is -2.03. The van der Waals surface area contributed by atoms with Gasteiger partial charge in [-0.05, 0) is 12.1 Å². The summed E-state index contributed by atoms with van der Waals surface area (Å²) in [4.78, 5) is 10.3. The molecule has 2 N–H and O–H groups in total. The van der Waals surface area contributed by atoms with Gasteiger partial charge in [0.25, 0.3) is 5.69 Å². The molecule has 0 saturated carbocycles. The van der Waals surface area contributed by atoms with E-state index >= 15 is 0 Å². The minimum Gasteiger partial charge on any atom is -0.368 e. The Bertz CT molecular complexity index is 630. The second-order valence-corrected chi connectivity index (χ2v) is 4.66. The van der Waals surface area contributed by atoms with Crippen molar-refractivity contribution < 1.29 is 9.31 Å². The Morgan fingerprint density at radius 2 is 2.26 bits per heavy atom. The van der Waals surface area contributed by atoms with Gasteiger partial charge in [0.05, 0.1) is 4.92 Å². The van der Waals surface area contributed by atoms with Crippen LogP contribution in [0.5, 0.6) is 0 Å². The number of halogens is 1. The number of hydrogen-bond donors (Lipinski definition) is 1. The van der Waals surface area contributed by atoms with Crippen molar-refractivity contribution in [3.8, 4) is 0 Å². The first kappa shape index (κ1) is 13.3. The summed E-state index contributed by atoms with van der Waals surface area (Å²) in [5.41, 5.74) is 5.69. The van der Waals surface area contributed by atoms with Crippen LogP contribution in [0, 0.1) is 15.9 Å². The van der Waals surface area contributed by atoms with Crippen molar-refractivity contribution in [2.24, 2.45) is 7.05 Å². The van der Waals surface area contributed by atoms with Crippen LogP contribution >= 0.6 is 11.8 Å². The monoisotopic (exact) mass is 283 g/mol. The van der Waals surface area contributed by atoms with Gasteiger partial charge < -0.3 is 5.73 Å². The van der Waals surface area contributed by atoms with E-state index in [1.165, 1.54) is 11.8 Å². The standard InChI is InChI=1S/C10H10FN5O2S/c1-15-9(12)13-14-10(15)19-5-6-4-7(11)2-3-8(6)16(17)18/h2-4H,5H2,1H3,(H2,12,13). The summed E-state index contributed by atoms with van der Waals surface area (Å²) in [6, 6.07) is 3.35. The third kappa shape index (κ3) is 2.81. The van der Waals surface area contributed by atoms with Crippen molar-refractivity contribution in [1.29, 1.82) is 0 Å². The van der Waals surface area contributed by atoms with Gasteiger partial charge in [-0.3, -0.25) is 14.7 Å². The van der Waals surface area contributed by atoms with E-state index in [4.69, 9.17) is 5.73 Å². The number of hydrogen-bond acceptors (Lipinski definition) is 6. The summed E-state index contributed by atoms with van der Waals surface area (Å²) < 4.78 is 14.7. The third-order valence-electron chi connectivity index (χ3n) is 2.46. The molecule has 9 heteroatoms. The molecule has 0 aliphatic heterocycles. The molecule has 0 aliphatic rings. The third-order valence-corrected chi connectivity index (χ3v) is 3.53. The summed E-state index contributed by atoms with van der Waals surface area (Å²) in [7, 11) is 1.68. The average Bonchev–Trinajstić information content (AvgIpc) is 2.67. The molecule has 0 unspecified atom stereocenters. The number of nitrogens with two attached hydrogens (primary N) is 1. The summed E-state index contributed by atoms with van der Waals surface area (Å²) in [5, 5.41) is 18.8. The molecule has 19 heavy (non-hydrogen) atoms. The molecule has 2 rings (SSSR count). The molecule has 0 fully saturated rings. The first-order chi connectivity index (χ1) is 8.99. The number of rotatable bonds is 4. The van der Waals surface area contributed by atoms with Gasteiger partial charge in [0, 0.05) is 24.4 Å². The molecule has 0 bridgehead atoms. The van der Waals surface area contributed by atoms with Gasteiger partial charge in [0.2, 0.25) is 5.95 Å². The maximum absolute atomic E-state index is 13.1. The zero-order valence-electron chi connectivity index (χ0n) is 9.91. The van der Waals surface area contributed by atoms with Gasteiger partial charge in [-0.15, -0.1) is 10.2 Å². The van der Waals surface area contributed by atoms with Crippen molar-refractivity contribution in [2.75, 3.05) is 5.73 Å². The Morgan fingerprint density at radius 3 is 2.84 bits per heavy atom. The fourth-order valence-electron chi connectivity index (χ4n) is 1.44. The molecule has 2 aromatic rings. The van der Waals surface area contributed by atoms with E-state index in [2.05, 4.69) is 10.2 Å². The first-order valence-corrected chi connectivity index (χ1v) is 6.18. The van der Waals surface area contributed by atoms with E-state index in [-0.39, 0.29) is 23.0 Å². The maximum Gasteiger partial charge on any atom is 0.273 e. The number of aromatic nitrogens is 3. The van der Waals surface area contributed by atoms with Crippen LogP contribution < -0.4 is 5.73 Å². The highest BCUT2D eigenvalue weighted by molar-refractivity contribution is 7.98. The SMILES string of the molecule is Cn1c(N)nnc1SCc1cc(F)ccc1[N+](=O)[O-]. The highest BCUT2D eigenvalue weighted by Gasteiger charge is 2.16. The van der Waals surface area contributed by atoms with Crippen LogP contribution in [0.1, 0.15) is 5.56 Å². The Morgan fingerprint density at radius 1 is 1.53 bits per heavy atom. The highest BCUT2D eigenvalue weighted by Crippen LogP contribution is 2.27. The first-order valence-electron chi connectivity index (χ1n) is 5.19. The second-order valence-electron chi connectivity index (χ2n) is 3.72. The molecule has 0 atom stereocenters. The number of nitrogen functional groups attached to an aromatic ring is 1. The Hall–Kier alpha value is -2.16. The van der Waals surface area contributed by atoms with Crippen molar-refractivity contribution in [3.63, 3.8) is 0 Å². The summed E-state index contributed by atoms with van der Waals surface area (Å²) >= 11 is 1.20. The summed E-state index contributed by atoms with van der Waals surface area (Å²) in [6.45, 7) is 0. The smallest absolute Gasteiger partial charge is 0.273 e. The number of thioether (sulfide) groups is 1. The van der Waals surface area contributed by atoms with Crippen molar-refractivity contribution in [1.82, 2.24) is 14.8 Å². The van der Waals surface area contributed by atoms with Crippen LogP contribution in [0.15, 0.2) is 23.4 Å². The normalized spacial score (nSPS) is 10.6. The minimum absolute atomic E-state index is 0.121. The second kappa shape index (κ2) is 5.22. The number of nitro benzene ring substituents is 1. The molecule has 0 aliphatic carbocycles. The lowest BCUT2D eigenvalue weighted by atomic mass is 10.2. The zero-order valence-corrected chi connectivity index (χ0v) is 10.7. The topological polar surface area (TPSA) is 99.9 Å². The van der Waals surface area contributed by atoms with Crippen LogP contribution in [0.25, 0.3) is 0 Å². The van der Waals surface area contributed by atoms with E-state index < -0.39 is 10.7 Å². The van der Waals surface area contributed by atoms with Gasteiger partial charge >= 0.3 is 0 Å². The maximum atomic E-state index is 13.1. The van der Waals surface area contributed by atoms with E-state index in [0.717, 1.165) is 18.2 Å². The van der Waals surface area contributed by atoms with Gasteiger partial charge in [-0.25, -0.2) is 4.39 Å². The number of anilines is 1. The van der Waals surface area contributed by atoms with Crippen LogP contribution in [-0.2, 0) is 12.8 Å². The van der Waals surface area contributed by atoms with Crippen molar-refractivity contribution in [3.05, 3.63) is 39.7 Å². The van der Waals surface area contributed by atoms with Crippen LogP contribution in [0.2, 0.25) is 0 Å². The molecule has 0 saturated heterocycles. The zero-order chi connectivity index (χ0) is 14.0. The molecule has 0 radical (unpaired) electrons. The molecule has 1 aromatic heterocycles. The van der Waals surface area contributed by atoms with E-state index in [0.29, 0.717) is 5.16 Å². The number of benzene rings is 1. The van der Waals surface area contributed by atoms with Crippen molar-refractivity contribution in [2.45, 2.75) is 10.9 Å². The van der Waals surface area contributed by atoms with Crippen LogP contribution in [-0.4, -0.2) is 19.7 Å². The largest absolute Gasteiger partial charge is 0.368 e. The molecule has 1 heterocycles. The lowest BCUT2D eigenvalue weighted by molar-refractivity contribution is -0.385. The molecular weight excluding hydrogens is 273 g/mol. The molecule has 1 aromatic carbocycles. The Labute approximate surface area is 111 Å². The summed E-state index contributed by atoms with van der Waals surface area (Å²) in [5.74, 6) is -0.0602. The van der Waals surface area contributed by atoms with Gasteiger partial charge in [0.15, 0.2) is 5.16 Å². The van der Waals surface area contributed by atoms with E-state index in [1.54, 1.807) is 11.6 Å². The quantitative estimate of drug-likeness (QED) is 0.521. The van der Waals surface area contributed by atoms with Gasteiger partial charge in [-0.1, -0.05) is 11.8 Å². The fourth-order valence-corrected chi connectivity index (χ4v) is 2.34. The fraction of sp³-hybridized carbons (Fsp3) is 0.200. The van der Waals surface area contributed by atoms with Crippen molar-refractivity contribution >= 4 is 23.4 Å². The molecule has 7 nitrogen and oxygen atoms in total. The Kier molecular flexibility index (Phi) is 3.65. The van der Waals surface area contributed by atoms with Crippen LogP contribution in [0.4, 0.5) is 16.0 Å². The average molecular weight is 283 g/mol. The van der Waals surface area contributed by atoms with E-state index in [1.807, 2.05) is 0 Å². The number of nitrogens with zero attached hydrogens (tertiary/aromatic N) is 4. The number of nitro groups is 1. The van der Waals surface area contributed by atoms with E-state index in [9.17, 15) is 14.5 Å². The highest BCUT2D eigenvalue weighted by atomic mass is 32.2. The molecule has 0 amide bonds. The minimum atomic E-state index is -0.541. The molecular formula is C10H10FN5O2S. The van der Waals surface area contributed by atoms with Gasteiger partial charge in [-0.2, -0.15) is 0 Å². The lowest BCUT2D eigenvalue weighted by Crippen LogP contribution is -1.99. The molecule has 0 spiro atoms. The molecule has 100 valence electrons. The Balaban J connectivity index is 2.21. The predicted octanol–water partition coefficient (Wildman–Crippen LogP) is 1.74. The van der Waals surface area contributed by atoms with Crippen LogP contribution in [0.3, 0.4) is 0 Å². The predicted molar refractivity (Wildman–Crippen MR) is 68.0 cm³/mol.